The lowest BCUT2D eigenvalue weighted by atomic mass is 9.70. The lowest BCUT2D eigenvalue weighted by molar-refractivity contribution is 0.388. The normalized spacial score (nSPS) is 30.5. The number of nitrogens with zero attached hydrogens (tertiary/aromatic N) is 2. The number of rotatable bonds is 4. The predicted octanol–water partition coefficient (Wildman–Crippen LogP) is 8.31. The van der Waals surface area contributed by atoms with Crippen LogP contribution in [-0.4, -0.2) is 21.9 Å². The Bertz CT molecular complexity index is 1840. The highest BCUT2D eigenvalue weighted by Crippen LogP contribution is 2.54. The van der Waals surface area contributed by atoms with Crippen molar-refractivity contribution in [1.82, 2.24) is 9.97 Å². The van der Waals surface area contributed by atoms with Gasteiger partial charge in [-0.2, -0.15) is 0 Å². The first-order valence-corrected chi connectivity index (χ1v) is 16.6. The Morgan fingerprint density at radius 1 is 0.767 bits per heavy atom. The first kappa shape index (κ1) is 29.7. The smallest absolute Gasteiger partial charge is 0.0606 e. The van der Waals surface area contributed by atoms with Crippen molar-refractivity contribution in [3.05, 3.63) is 79.0 Å². The number of allylic oxidation sites excluding steroid dienone is 6. The lowest BCUT2D eigenvalue weighted by Gasteiger charge is -2.32. The van der Waals surface area contributed by atoms with Crippen molar-refractivity contribution in [3.8, 4) is 0 Å². The molecule has 8 bridgehead atoms. The number of nitrogens with one attached hydrogen (secondary N) is 2. The van der Waals surface area contributed by atoms with E-state index in [1.807, 2.05) is 0 Å². The molecule has 0 amide bonds. The Morgan fingerprint density at radius 2 is 1.47 bits per heavy atom. The van der Waals surface area contributed by atoms with Gasteiger partial charge in [0.05, 0.1) is 11.1 Å². The number of aromatic nitrogens is 2. The highest BCUT2D eigenvalue weighted by Gasteiger charge is 2.50. The third-order valence-corrected chi connectivity index (χ3v) is 11.8. The molecule has 2 N–H and O–H groups in total. The second-order valence-electron chi connectivity index (χ2n) is 13.6. The molecule has 4 unspecified atom stereocenters. The topological polar surface area (TPSA) is 56.3 Å². The van der Waals surface area contributed by atoms with Gasteiger partial charge in [-0.25, -0.2) is 0 Å². The summed E-state index contributed by atoms with van der Waals surface area (Å²) in [6.45, 7) is 25.4. The maximum absolute atomic E-state index is 5.52. The van der Waals surface area contributed by atoms with Gasteiger partial charge < -0.3 is 9.97 Å². The summed E-state index contributed by atoms with van der Waals surface area (Å²) in [5, 5.41) is 2.49. The van der Waals surface area contributed by atoms with E-state index >= 15 is 0 Å². The van der Waals surface area contributed by atoms with Crippen LogP contribution in [-0.2, 0) is 12.8 Å². The minimum absolute atomic E-state index is 0.0988. The van der Waals surface area contributed by atoms with Crippen molar-refractivity contribution in [3.63, 3.8) is 0 Å². The highest BCUT2D eigenvalue weighted by molar-refractivity contribution is 6.30. The summed E-state index contributed by atoms with van der Waals surface area (Å²) in [7, 11) is 0. The fourth-order valence-corrected chi connectivity index (χ4v) is 8.85. The minimum Gasteiger partial charge on any atom is -0.355 e. The first-order chi connectivity index (χ1) is 20.5. The number of hydrogen-bond acceptors (Lipinski definition) is 2. The monoisotopic (exact) mass is 574 g/mol. The number of H-pyrrole nitrogens is 2. The van der Waals surface area contributed by atoms with Crippen LogP contribution < -0.4 is 10.7 Å². The van der Waals surface area contributed by atoms with Gasteiger partial charge in [-0.3, -0.25) is 9.98 Å². The molecule has 3 aliphatic heterocycles. The van der Waals surface area contributed by atoms with Gasteiger partial charge in [-0.15, -0.1) is 0 Å². The van der Waals surface area contributed by atoms with Crippen molar-refractivity contribution in [2.24, 2.45) is 32.7 Å². The van der Waals surface area contributed by atoms with Crippen LogP contribution in [0.15, 0.2) is 44.7 Å². The molecule has 6 rings (SSSR count). The number of fused-ring (bicyclic) bond motifs is 7. The molecule has 5 heterocycles. The molecule has 0 radical (unpaired) electrons. The summed E-state index contributed by atoms with van der Waals surface area (Å²) < 4.78 is 0. The van der Waals surface area contributed by atoms with Crippen molar-refractivity contribution in [1.29, 1.82) is 0 Å². The molecule has 0 aromatic carbocycles. The summed E-state index contributed by atoms with van der Waals surface area (Å²) >= 11 is 0. The molecule has 0 spiro atoms. The van der Waals surface area contributed by atoms with E-state index in [1.165, 1.54) is 78.0 Å². The molecule has 2 aromatic heterocycles. The molecule has 4 nitrogen and oxygen atoms in total. The van der Waals surface area contributed by atoms with Crippen molar-refractivity contribution < 1.29 is 0 Å². The molecule has 4 aliphatic rings. The average Bonchev–Trinajstić information content (AvgIpc) is 3.71. The standard InChI is InChI=1S/C39H50N4/c1-12-27-24(8)31-18-32-26(10)39(15-4,20-40-32)23(7)16-21(5)35-25(9)28(13-2)36(43-35)29-17-22(6)38(11)30(14-3)34(42-37(29)38)19-33(27)41-31/h16-20,26,30,41,43H,12-15H2,1-11H3/b23-16-,32-18?,34-19?,35-21?,36-29-. The van der Waals surface area contributed by atoms with Gasteiger partial charge in [0, 0.05) is 62.6 Å². The third-order valence-electron chi connectivity index (χ3n) is 11.8. The summed E-state index contributed by atoms with van der Waals surface area (Å²) in [4.78, 5) is 18.4. The van der Waals surface area contributed by atoms with Crippen LogP contribution in [0.25, 0.3) is 23.3 Å². The second-order valence-corrected chi connectivity index (χ2v) is 13.6. The average molecular weight is 575 g/mol. The van der Waals surface area contributed by atoms with Crippen molar-refractivity contribution >= 4 is 35.2 Å². The van der Waals surface area contributed by atoms with Crippen molar-refractivity contribution in [2.75, 3.05) is 0 Å². The van der Waals surface area contributed by atoms with E-state index in [1.54, 1.807) is 0 Å². The van der Waals surface area contributed by atoms with E-state index in [2.05, 4.69) is 117 Å². The van der Waals surface area contributed by atoms with Crippen LogP contribution in [0.4, 0.5) is 0 Å². The number of aromatic amines is 2. The molecule has 4 heteroatoms. The molecule has 226 valence electrons. The molecular weight excluding hydrogens is 524 g/mol. The van der Waals surface area contributed by atoms with Gasteiger partial charge in [0.15, 0.2) is 0 Å². The number of hydrogen-bond donors (Lipinski definition) is 2. The summed E-state index contributed by atoms with van der Waals surface area (Å²) in [5.41, 5.74) is 16.5. The quantitative estimate of drug-likeness (QED) is 0.369. The summed E-state index contributed by atoms with van der Waals surface area (Å²) in [6, 6.07) is 0. The maximum atomic E-state index is 5.52. The summed E-state index contributed by atoms with van der Waals surface area (Å²) in [6.07, 6.45) is 15.8. The summed E-state index contributed by atoms with van der Waals surface area (Å²) in [5.74, 6) is 0.616. The van der Waals surface area contributed by atoms with Crippen LogP contribution in [0.2, 0.25) is 0 Å². The van der Waals surface area contributed by atoms with Gasteiger partial charge in [-0.05, 0) is 107 Å². The minimum atomic E-state index is -0.103. The van der Waals surface area contributed by atoms with Crippen LogP contribution in [0.5, 0.6) is 0 Å². The van der Waals surface area contributed by atoms with E-state index in [-0.39, 0.29) is 16.7 Å². The molecule has 1 aliphatic carbocycles. The van der Waals surface area contributed by atoms with E-state index in [0.29, 0.717) is 5.92 Å². The first-order valence-electron chi connectivity index (χ1n) is 16.6. The number of aliphatic imine (C=N–C) groups is 2. The zero-order valence-corrected chi connectivity index (χ0v) is 28.3. The molecule has 2 aromatic rings. The van der Waals surface area contributed by atoms with Gasteiger partial charge in [-0.1, -0.05) is 57.9 Å². The fraction of sp³-hybridized carbons (Fsp3) is 0.487. The Balaban J connectivity index is 1.75. The zero-order valence-electron chi connectivity index (χ0n) is 28.3. The molecular formula is C39H50N4. The van der Waals surface area contributed by atoms with Gasteiger partial charge in [0.2, 0.25) is 0 Å². The Kier molecular flexibility index (Phi) is 7.14. The van der Waals surface area contributed by atoms with Gasteiger partial charge in [0.1, 0.15) is 0 Å². The van der Waals surface area contributed by atoms with Crippen molar-refractivity contribution in [2.45, 2.75) is 102 Å². The predicted molar refractivity (Wildman–Crippen MR) is 185 cm³/mol. The zero-order chi connectivity index (χ0) is 31.0. The van der Waals surface area contributed by atoms with Gasteiger partial charge in [0.25, 0.3) is 0 Å². The molecule has 0 fully saturated rings. The van der Waals surface area contributed by atoms with Crippen LogP contribution in [0.1, 0.15) is 109 Å². The maximum Gasteiger partial charge on any atom is 0.0606 e. The fourth-order valence-electron chi connectivity index (χ4n) is 8.85. The highest BCUT2D eigenvalue weighted by atomic mass is 14.9. The van der Waals surface area contributed by atoms with Gasteiger partial charge >= 0.3 is 0 Å². The lowest BCUT2D eigenvalue weighted by Crippen LogP contribution is -2.31. The van der Waals surface area contributed by atoms with Crippen LogP contribution >= 0.6 is 0 Å². The molecule has 0 saturated carbocycles. The van der Waals surface area contributed by atoms with E-state index < -0.39 is 0 Å². The van der Waals surface area contributed by atoms with Crippen LogP contribution in [0.3, 0.4) is 0 Å². The Labute approximate surface area is 258 Å². The largest absolute Gasteiger partial charge is 0.355 e. The van der Waals surface area contributed by atoms with E-state index in [9.17, 15) is 0 Å². The van der Waals surface area contributed by atoms with Crippen LogP contribution in [0, 0.1) is 36.5 Å². The molecule has 4 atom stereocenters. The Morgan fingerprint density at radius 3 is 2.12 bits per heavy atom. The Hall–Kier alpha value is -3.40. The molecule has 0 saturated heterocycles. The molecule has 43 heavy (non-hydrogen) atoms. The third kappa shape index (κ3) is 4.01. The second kappa shape index (κ2) is 10.4. The van der Waals surface area contributed by atoms with E-state index in [4.69, 9.17) is 9.98 Å². The SMILES string of the molecule is CCc1c2[nH]c(c1C)C=C1N=CC(CC)(/C(C)=C\C(C)=c3[nH]/c(c(CC)c3C)=C3/C=C(C)C4(C)C3=NC(=C2)C4CC)C1C. The van der Waals surface area contributed by atoms with E-state index in [0.717, 1.165) is 31.4 Å².